The van der Waals surface area contributed by atoms with Gasteiger partial charge in [0.2, 0.25) is 0 Å². The molecule has 1 aromatic rings. The minimum absolute atomic E-state index is 0.0572. The summed E-state index contributed by atoms with van der Waals surface area (Å²) in [6, 6.07) is 8.79. The molecule has 1 saturated heterocycles. The summed E-state index contributed by atoms with van der Waals surface area (Å²) in [5.41, 5.74) is 3.01. The van der Waals surface area contributed by atoms with Gasteiger partial charge >= 0.3 is 0 Å². The predicted molar refractivity (Wildman–Crippen MR) is 77.4 cm³/mol. The molecule has 104 valence electrons. The first-order valence-electron chi connectivity index (χ1n) is 7.40. The minimum atomic E-state index is 0.0572. The van der Waals surface area contributed by atoms with E-state index < -0.39 is 0 Å². The monoisotopic (exact) mass is 260 g/mol. The van der Waals surface area contributed by atoms with E-state index in [1.165, 1.54) is 24.0 Å². The summed E-state index contributed by atoms with van der Waals surface area (Å²) in [5, 5.41) is 7.12. The van der Waals surface area contributed by atoms with Crippen LogP contribution >= 0.6 is 0 Å². The van der Waals surface area contributed by atoms with Gasteiger partial charge in [0.15, 0.2) is 0 Å². The van der Waals surface area contributed by atoms with Gasteiger partial charge in [0.25, 0.3) is 0 Å². The smallest absolute Gasteiger partial charge is 0.0779 e. The van der Waals surface area contributed by atoms with E-state index in [0.29, 0.717) is 5.92 Å². The molecule has 0 amide bonds. The van der Waals surface area contributed by atoms with Gasteiger partial charge in [0, 0.05) is 38.7 Å². The second-order valence-corrected chi connectivity index (χ2v) is 6.06. The standard InChI is InChI=1S/C16H24N2O/c1-16(7-4-8-19-16)12-18-11-14-10-17-9-13-5-2-3-6-15(13)14/h2-3,5-6,14,17-18H,4,7-12H2,1H3. The Morgan fingerprint density at radius 3 is 3.16 bits per heavy atom. The maximum atomic E-state index is 5.82. The van der Waals surface area contributed by atoms with Crippen molar-refractivity contribution in [1.82, 2.24) is 10.6 Å². The molecule has 2 atom stereocenters. The van der Waals surface area contributed by atoms with Crippen molar-refractivity contribution in [3.8, 4) is 0 Å². The van der Waals surface area contributed by atoms with E-state index in [4.69, 9.17) is 4.74 Å². The number of rotatable bonds is 4. The molecular weight excluding hydrogens is 236 g/mol. The molecule has 2 heterocycles. The molecule has 3 nitrogen and oxygen atoms in total. The first-order valence-corrected chi connectivity index (χ1v) is 7.40. The third kappa shape index (κ3) is 2.99. The molecule has 0 radical (unpaired) electrons. The summed E-state index contributed by atoms with van der Waals surface area (Å²) >= 11 is 0. The van der Waals surface area contributed by atoms with E-state index in [2.05, 4.69) is 41.8 Å². The minimum Gasteiger partial charge on any atom is -0.374 e. The Morgan fingerprint density at radius 1 is 1.42 bits per heavy atom. The quantitative estimate of drug-likeness (QED) is 0.869. The highest BCUT2D eigenvalue weighted by Gasteiger charge is 2.29. The average molecular weight is 260 g/mol. The molecule has 3 rings (SSSR count). The average Bonchev–Trinajstić information content (AvgIpc) is 2.86. The highest BCUT2D eigenvalue weighted by molar-refractivity contribution is 5.32. The molecule has 0 saturated carbocycles. The van der Waals surface area contributed by atoms with Crippen LogP contribution in [0.4, 0.5) is 0 Å². The molecule has 19 heavy (non-hydrogen) atoms. The van der Waals surface area contributed by atoms with Crippen molar-refractivity contribution in [3.05, 3.63) is 35.4 Å². The fraction of sp³-hybridized carbons (Fsp3) is 0.625. The van der Waals surface area contributed by atoms with Crippen molar-refractivity contribution in [3.63, 3.8) is 0 Å². The Kier molecular flexibility index (Phi) is 3.87. The zero-order chi connectivity index (χ0) is 13.1. The number of ether oxygens (including phenoxy) is 1. The third-order valence-electron chi connectivity index (χ3n) is 4.39. The SMILES string of the molecule is CC1(CNCC2CNCc3ccccc32)CCCO1. The van der Waals surface area contributed by atoms with Crippen molar-refractivity contribution >= 4 is 0 Å². The van der Waals surface area contributed by atoms with Gasteiger partial charge in [0.1, 0.15) is 0 Å². The normalized spacial score (nSPS) is 30.3. The fourth-order valence-electron chi connectivity index (χ4n) is 3.25. The molecule has 2 unspecified atom stereocenters. The Morgan fingerprint density at radius 2 is 2.32 bits per heavy atom. The van der Waals surface area contributed by atoms with Crippen LogP contribution in [-0.2, 0) is 11.3 Å². The van der Waals surface area contributed by atoms with Crippen molar-refractivity contribution in [2.75, 3.05) is 26.2 Å². The zero-order valence-electron chi connectivity index (χ0n) is 11.7. The van der Waals surface area contributed by atoms with Gasteiger partial charge in [-0.15, -0.1) is 0 Å². The lowest BCUT2D eigenvalue weighted by Gasteiger charge is -2.29. The summed E-state index contributed by atoms with van der Waals surface area (Å²) in [6.07, 6.45) is 2.38. The molecular formula is C16H24N2O. The Bertz CT molecular complexity index is 427. The van der Waals surface area contributed by atoms with Crippen LogP contribution in [0.5, 0.6) is 0 Å². The van der Waals surface area contributed by atoms with Crippen molar-refractivity contribution in [2.24, 2.45) is 0 Å². The van der Waals surface area contributed by atoms with Crippen LogP contribution < -0.4 is 10.6 Å². The van der Waals surface area contributed by atoms with E-state index >= 15 is 0 Å². The number of hydrogen-bond donors (Lipinski definition) is 2. The first-order chi connectivity index (χ1) is 9.27. The van der Waals surface area contributed by atoms with Crippen LogP contribution in [-0.4, -0.2) is 31.8 Å². The zero-order valence-corrected chi connectivity index (χ0v) is 11.7. The summed E-state index contributed by atoms with van der Waals surface area (Å²) in [7, 11) is 0. The van der Waals surface area contributed by atoms with Gasteiger partial charge in [-0.25, -0.2) is 0 Å². The molecule has 0 spiro atoms. The molecule has 1 aromatic carbocycles. The molecule has 3 heteroatoms. The summed E-state index contributed by atoms with van der Waals surface area (Å²) in [6.45, 7) is 7.22. The van der Waals surface area contributed by atoms with Crippen LogP contribution in [0.2, 0.25) is 0 Å². The lowest BCUT2D eigenvalue weighted by Crippen LogP contribution is -2.41. The van der Waals surface area contributed by atoms with Crippen LogP contribution in [0, 0.1) is 0 Å². The van der Waals surface area contributed by atoms with Crippen molar-refractivity contribution < 1.29 is 4.74 Å². The Balaban J connectivity index is 1.56. The molecule has 2 aliphatic rings. The van der Waals surface area contributed by atoms with Crippen molar-refractivity contribution in [1.29, 1.82) is 0 Å². The first kappa shape index (κ1) is 13.1. The highest BCUT2D eigenvalue weighted by atomic mass is 16.5. The molecule has 1 fully saturated rings. The maximum absolute atomic E-state index is 5.82. The predicted octanol–water partition coefficient (Wildman–Crippen LogP) is 2.03. The van der Waals surface area contributed by atoms with E-state index in [1.54, 1.807) is 0 Å². The summed E-state index contributed by atoms with van der Waals surface area (Å²) in [5.74, 6) is 0.579. The number of hydrogen-bond acceptors (Lipinski definition) is 3. The van der Waals surface area contributed by atoms with Gasteiger partial charge in [-0.05, 0) is 30.9 Å². The van der Waals surface area contributed by atoms with Crippen LogP contribution in [0.25, 0.3) is 0 Å². The second kappa shape index (κ2) is 5.61. The van der Waals surface area contributed by atoms with E-state index in [1.807, 2.05) is 0 Å². The van der Waals surface area contributed by atoms with Gasteiger partial charge in [-0.2, -0.15) is 0 Å². The van der Waals surface area contributed by atoms with Crippen LogP contribution in [0.1, 0.15) is 36.8 Å². The fourth-order valence-corrected chi connectivity index (χ4v) is 3.25. The molecule has 0 bridgehead atoms. The van der Waals surface area contributed by atoms with Crippen molar-refractivity contribution in [2.45, 2.75) is 37.8 Å². The van der Waals surface area contributed by atoms with E-state index in [0.717, 1.165) is 32.8 Å². The van der Waals surface area contributed by atoms with Gasteiger partial charge in [-0.3, -0.25) is 0 Å². The summed E-state index contributed by atoms with van der Waals surface area (Å²) in [4.78, 5) is 0. The second-order valence-electron chi connectivity index (χ2n) is 6.06. The topological polar surface area (TPSA) is 33.3 Å². The van der Waals surface area contributed by atoms with Gasteiger partial charge in [0.05, 0.1) is 5.60 Å². The van der Waals surface area contributed by atoms with E-state index in [-0.39, 0.29) is 5.60 Å². The van der Waals surface area contributed by atoms with E-state index in [9.17, 15) is 0 Å². The van der Waals surface area contributed by atoms with Gasteiger partial charge < -0.3 is 15.4 Å². The maximum Gasteiger partial charge on any atom is 0.0779 e. The molecule has 2 aliphatic heterocycles. The largest absolute Gasteiger partial charge is 0.374 e. The van der Waals surface area contributed by atoms with Crippen LogP contribution in [0.3, 0.4) is 0 Å². The molecule has 0 aromatic heterocycles. The van der Waals surface area contributed by atoms with Crippen LogP contribution in [0.15, 0.2) is 24.3 Å². The van der Waals surface area contributed by atoms with Gasteiger partial charge in [-0.1, -0.05) is 24.3 Å². The lowest BCUT2D eigenvalue weighted by atomic mass is 9.90. The Hall–Kier alpha value is -0.900. The third-order valence-corrected chi connectivity index (χ3v) is 4.39. The Labute approximate surface area is 115 Å². The highest BCUT2D eigenvalue weighted by Crippen LogP contribution is 2.25. The number of fused-ring (bicyclic) bond motifs is 1. The lowest BCUT2D eigenvalue weighted by molar-refractivity contribution is 0.0207. The molecule has 2 N–H and O–H groups in total. The molecule has 0 aliphatic carbocycles. The summed E-state index contributed by atoms with van der Waals surface area (Å²) < 4.78 is 5.82. The number of nitrogens with one attached hydrogen (secondary N) is 2. The number of benzene rings is 1.